The second kappa shape index (κ2) is 9.82. The molecule has 188 valence electrons. The summed E-state index contributed by atoms with van der Waals surface area (Å²) in [5.74, 6) is 2.34. The molecular weight excluding hydrogens is 470 g/mol. The van der Waals surface area contributed by atoms with E-state index in [1.54, 1.807) is 6.07 Å². The Morgan fingerprint density at radius 3 is 2.65 bits per heavy atom. The number of piperazine rings is 1. The summed E-state index contributed by atoms with van der Waals surface area (Å²) in [7, 11) is 0. The first-order valence-corrected chi connectivity index (χ1v) is 12.2. The van der Waals surface area contributed by atoms with Gasteiger partial charge in [-0.05, 0) is 34.5 Å². The second-order valence-electron chi connectivity index (χ2n) is 9.02. The molecule has 6 rings (SSSR count). The molecule has 0 spiro atoms. The number of nitrogens with two attached hydrogens (primary N) is 1. The van der Waals surface area contributed by atoms with E-state index in [1.165, 1.54) is 11.9 Å². The van der Waals surface area contributed by atoms with Crippen LogP contribution in [0.25, 0.3) is 10.8 Å². The molecule has 1 saturated heterocycles. The van der Waals surface area contributed by atoms with Crippen LogP contribution < -0.4 is 31.0 Å². The predicted molar refractivity (Wildman–Crippen MR) is 142 cm³/mol. The van der Waals surface area contributed by atoms with E-state index in [-0.39, 0.29) is 12.7 Å². The van der Waals surface area contributed by atoms with Gasteiger partial charge in [0.05, 0.1) is 0 Å². The molecule has 0 radical (unpaired) electrons. The third kappa shape index (κ3) is 4.66. The average Bonchev–Trinajstić information content (AvgIpc) is 3.41. The summed E-state index contributed by atoms with van der Waals surface area (Å²) in [5.41, 5.74) is 14.2. The summed E-state index contributed by atoms with van der Waals surface area (Å²) >= 11 is 0. The lowest BCUT2D eigenvalue weighted by atomic mass is 10.0. The van der Waals surface area contributed by atoms with E-state index >= 15 is 0 Å². The average molecular weight is 498 g/mol. The van der Waals surface area contributed by atoms with Gasteiger partial charge in [0.1, 0.15) is 12.0 Å². The van der Waals surface area contributed by atoms with E-state index < -0.39 is 0 Å². The van der Waals surface area contributed by atoms with Crippen molar-refractivity contribution in [1.29, 1.82) is 0 Å². The number of fused-ring (bicyclic) bond motifs is 2. The summed E-state index contributed by atoms with van der Waals surface area (Å²) in [5, 5.41) is 1.87. The van der Waals surface area contributed by atoms with Crippen molar-refractivity contribution in [2.24, 2.45) is 0 Å². The van der Waals surface area contributed by atoms with E-state index in [9.17, 15) is 4.79 Å². The molecule has 2 aliphatic heterocycles. The molecule has 1 fully saturated rings. The monoisotopic (exact) mass is 497 g/mol. The molecule has 10 nitrogen and oxygen atoms in total. The Kier molecular flexibility index (Phi) is 6.07. The normalized spacial score (nSPS) is 15.1. The quantitative estimate of drug-likeness (QED) is 0.346. The molecule has 0 atom stereocenters. The molecule has 4 N–H and O–H groups in total. The number of nitrogens with one attached hydrogen (secondary N) is 2. The molecular formula is C27H27N7O3. The van der Waals surface area contributed by atoms with Crippen LogP contribution in [-0.4, -0.2) is 53.7 Å². The number of anilines is 3. The van der Waals surface area contributed by atoms with Crippen LogP contribution in [0.15, 0.2) is 67.0 Å². The third-order valence-corrected chi connectivity index (χ3v) is 6.71. The molecule has 0 bridgehead atoms. The summed E-state index contributed by atoms with van der Waals surface area (Å²) in [6.07, 6.45) is 1.46. The fraction of sp³-hybridized carbons (Fsp3) is 0.222. The molecule has 0 saturated carbocycles. The van der Waals surface area contributed by atoms with E-state index in [0.717, 1.165) is 55.0 Å². The number of carbonyl (C=O) groups is 1. The zero-order valence-corrected chi connectivity index (χ0v) is 20.2. The summed E-state index contributed by atoms with van der Waals surface area (Å²) < 4.78 is 10.9. The van der Waals surface area contributed by atoms with Crippen LogP contribution in [-0.2, 0) is 6.54 Å². The highest BCUT2D eigenvalue weighted by Gasteiger charge is 2.22. The van der Waals surface area contributed by atoms with E-state index in [4.69, 9.17) is 15.2 Å². The van der Waals surface area contributed by atoms with Gasteiger partial charge in [-0.3, -0.25) is 20.5 Å². The Balaban J connectivity index is 1.08. The van der Waals surface area contributed by atoms with Crippen LogP contribution >= 0.6 is 0 Å². The number of nitrogens with zero attached hydrogens (tertiary/aromatic N) is 4. The molecule has 37 heavy (non-hydrogen) atoms. The van der Waals surface area contributed by atoms with E-state index in [1.807, 2.05) is 48.5 Å². The number of aromatic nitrogens is 2. The number of amides is 1. The largest absolute Gasteiger partial charge is 0.454 e. The molecule has 1 amide bonds. The molecule has 10 heteroatoms. The van der Waals surface area contributed by atoms with Gasteiger partial charge < -0.3 is 20.1 Å². The molecule has 4 aromatic rings. The number of rotatable bonds is 6. The Hall–Kier alpha value is -4.57. The lowest BCUT2D eigenvalue weighted by Gasteiger charge is -2.36. The smallest absolute Gasteiger partial charge is 0.270 e. The maximum Gasteiger partial charge on any atom is 0.270 e. The van der Waals surface area contributed by atoms with Crippen molar-refractivity contribution in [1.82, 2.24) is 20.3 Å². The molecule has 1 aromatic heterocycles. The first kappa shape index (κ1) is 22.9. The van der Waals surface area contributed by atoms with Crippen LogP contribution in [0, 0.1) is 0 Å². The number of hydrogen-bond donors (Lipinski definition) is 3. The van der Waals surface area contributed by atoms with Crippen molar-refractivity contribution in [2.45, 2.75) is 6.54 Å². The fourth-order valence-electron chi connectivity index (χ4n) is 4.76. The van der Waals surface area contributed by atoms with Crippen LogP contribution in [0.4, 0.5) is 17.3 Å². The second-order valence-corrected chi connectivity index (χ2v) is 9.02. The molecule has 0 unspecified atom stereocenters. The van der Waals surface area contributed by atoms with Crippen molar-refractivity contribution in [3.8, 4) is 11.5 Å². The Morgan fingerprint density at radius 2 is 1.76 bits per heavy atom. The molecule has 2 aliphatic rings. The fourth-order valence-corrected chi connectivity index (χ4v) is 4.76. The topological polar surface area (TPSA) is 118 Å². The van der Waals surface area contributed by atoms with Crippen LogP contribution in [0.3, 0.4) is 0 Å². The number of nitrogen functional groups attached to an aromatic ring is 1. The van der Waals surface area contributed by atoms with Gasteiger partial charge >= 0.3 is 0 Å². The van der Waals surface area contributed by atoms with Gasteiger partial charge in [0.25, 0.3) is 5.91 Å². The van der Waals surface area contributed by atoms with Crippen LogP contribution in [0.5, 0.6) is 11.5 Å². The number of benzene rings is 3. The van der Waals surface area contributed by atoms with Gasteiger partial charge in [0, 0.05) is 38.3 Å². The summed E-state index contributed by atoms with van der Waals surface area (Å²) in [6.45, 7) is 4.37. The van der Waals surface area contributed by atoms with Gasteiger partial charge in [-0.25, -0.2) is 9.97 Å². The first-order chi connectivity index (χ1) is 18.2. The summed E-state index contributed by atoms with van der Waals surface area (Å²) in [4.78, 5) is 26.1. The molecule has 3 aromatic carbocycles. The summed E-state index contributed by atoms with van der Waals surface area (Å²) in [6, 6.07) is 19.5. The highest BCUT2D eigenvalue weighted by molar-refractivity contribution is 6.07. The van der Waals surface area contributed by atoms with Gasteiger partial charge in [-0.2, -0.15) is 0 Å². The van der Waals surface area contributed by atoms with Crippen molar-refractivity contribution in [3.63, 3.8) is 0 Å². The standard InChI is InChI=1S/C27H27N7O3/c28-24-25(31-32-27(35)21-7-3-5-19-4-1-2-6-20(19)21)29-16-30-26(24)34-12-10-33(11-13-34)15-18-8-9-22-23(14-18)37-17-36-22/h1-9,14,16H,10-13,15,17,28H2,(H,32,35)(H,29,30,31). The minimum Gasteiger partial charge on any atom is -0.454 e. The number of ether oxygens (including phenoxy) is 2. The lowest BCUT2D eigenvalue weighted by Crippen LogP contribution is -2.46. The van der Waals surface area contributed by atoms with Crippen molar-refractivity contribution >= 4 is 34.0 Å². The van der Waals surface area contributed by atoms with Gasteiger partial charge in [0.2, 0.25) is 6.79 Å². The number of hydrogen-bond acceptors (Lipinski definition) is 9. The minimum atomic E-state index is -0.270. The van der Waals surface area contributed by atoms with Gasteiger partial charge in [-0.15, -0.1) is 0 Å². The zero-order chi connectivity index (χ0) is 25.2. The maximum atomic E-state index is 12.9. The Morgan fingerprint density at radius 1 is 0.946 bits per heavy atom. The maximum absolute atomic E-state index is 12.9. The van der Waals surface area contributed by atoms with Crippen LogP contribution in [0.2, 0.25) is 0 Å². The van der Waals surface area contributed by atoms with E-state index in [2.05, 4.69) is 36.7 Å². The Labute approximate surface area is 214 Å². The van der Waals surface area contributed by atoms with Crippen molar-refractivity contribution in [2.75, 3.05) is 49.0 Å². The third-order valence-electron chi connectivity index (χ3n) is 6.71. The SMILES string of the molecule is Nc1c(NNC(=O)c2cccc3ccccc23)ncnc1N1CCN(Cc2ccc3c(c2)OCO3)CC1. The van der Waals surface area contributed by atoms with E-state index in [0.29, 0.717) is 22.9 Å². The van der Waals surface area contributed by atoms with Crippen molar-refractivity contribution < 1.29 is 14.3 Å². The van der Waals surface area contributed by atoms with Crippen LogP contribution in [0.1, 0.15) is 15.9 Å². The molecule has 0 aliphatic carbocycles. The van der Waals surface area contributed by atoms with Gasteiger partial charge in [0.15, 0.2) is 23.1 Å². The zero-order valence-electron chi connectivity index (χ0n) is 20.2. The first-order valence-electron chi connectivity index (χ1n) is 12.2. The Bertz CT molecular complexity index is 1450. The minimum absolute atomic E-state index is 0.270. The predicted octanol–water partition coefficient (Wildman–Crippen LogP) is 3.02. The highest BCUT2D eigenvalue weighted by Crippen LogP contribution is 2.33. The number of carbonyl (C=O) groups excluding carboxylic acids is 1. The van der Waals surface area contributed by atoms with Crippen molar-refractivity contribution in [3.05, 3.63) is 78.1 Å². The highest BCUT2D eigenvalue weighted by atomic mass is 16.7. The lowest BCUT2D eigenvalue weighted by molar-refractivity contribution is 0.0964. The van der Waals surface area contributed by atoms with Gasteiger partial charge in [-0.1, -0.05) is 42.5 Å². The number of hydrazine groups is 1. The molecule has 3 heterocycles.